The van der Waals surface area contributed by atoms with Crippen LogP contribution in [0.3, 0.4) is 0 Å². The van der Waals surface area contributed by atoms with E-state index in [1.807, 2.05) is 11.0 Å². The predicted molar refractivity (Wildman–Crippen MR) is 129 cm³/mol. The molecule has 172 valence electrons. The maximum absolute atomic E-state index is 12.7. The number of benzene rings is 2. The first kappa shape index (κ1) is 22.8. The molecule has 0 saturated carbocycles. The third-order valence-electron chi connectivity index (χ3n) is 5.50. The zero-order valence-corrected chi connectivity index (χ0v) is 19.6. The lowest BCUT2D eigenvalue weighted by Crippen LogP contribution is -2.47. The highest BCUT2D eigenvalue weighted by atomic mass is 35.5. The number of halogens is 2. The van der Waals surface area contributed by atoms with E-state index < -0.39 is 23.5 Å². The summed E-state index contributed by atoms with van der Waals surface area (Å²) in [6.45, 7) is 0.336. The van der Waals surface area contributed by atoms with Crippen LogP contribution in [0.25, 0.3) is 0 Å². The molecule has 9 nitrogen and oxygen atoms in total. The van der Waals surface area contributed by atoms with Gasteiger partial charge in [0, 0.05) is 26.3 Å². The summed E-state index contributed by atoms with van der Waals surface area (Å²) >= 11 is 12.3. The summed E-state index contributed by atoms with van der Waals surface area (Å²) in [6, 6.07) is 12.0. The molecule has 0 amide bonds. The Labute approximate surface area is 199 Å². The summed E-state index contributed by atoms with van der Waals surface area (Å²) in [6.07, 6.45) is -0.521. The average molecular weight is 490 g/mol. The summed E-state index contributed by atoms with van der Waals surface area (Å²) in [5, 5.41) is 4.21. The molecule has 2 heterocycles. The maximum atomic E-state index is 12.7. The number of hydrogen-bond donors (Lipinski definition) is 2. The molecule has 0 radical (unpaired) electrons. The van der Waals surface area contributed by atoms with Crippen LogP contribution in [-0.4, -0.2) is 36.0 Å². The van der Waals surface area contributed by atoms with Gasteiger partial charge in [-0.15, -0.1) is 0 Å². The van der Waals surface area contributed by atoms with E-state index in [1.54, 1.807) is 55.4 Å². The third-order valence-corrected chi connectivity index (χ3v) is 6.23. The van der Waals surface area contributed by atoms with Crippen molar-refractivity contribution in [3.8, 4) is 0 Å². The maximum Gasteiger partial charge on any atom is 0.337 e. The third kappa shape index (κ3) is 4.17. The Morgan fingerprint density at radius 1 is 1.09 bits per heavy atom. The van der Waals surface area contributed by atoms with Crippen LogP contribution in [-0.2, 0) is 18.3 Å². The minimum atomic E-state index is -0.521. The van der Waals surface area contributed by atoms with Crippen molar-refractivity contribution in [3.05, 3.63) is 84.5 Å². The molecule has 0 saturated heterocycles. The molecule has 1 atom stereocenters. The summed E-state index contributed by atoms with van der Waals surface area (Å²) in [7, 11) is 4.68. The Balaban J connectivity index is 1.75. The number of anilines is 3. The highest BCUT2D eigenvalue weighted by Gasteiger charge is 2.38. The van der Waals surface area contributed by atoms with E-state index in [0.29, 0.717) is 39.3 Å². The van der Waals surface area contributed by atoms with Crippen molar-refractivity contribution >= 4 is 46.4 Å². The van der Waals surface area contributed by atoms with E-state index in [0.717, 1.165) is 5.56 Å². The van der Waals surface area contributed by atoms with Crippen molar-refractivity contribution in [2.45, 2.75) is 12.8 Å². The van der Waals surface area contributed by atoms with Gasteiger partial charge in [-0.05, 0) is 42.0 Å². The second kappa shape index (κ2) is 8.84. The number of fused-ring (bicyclic) bond motifs is 1. The zero-order chi connectivity index (χ0) is 23.9. The second-order valence-corrected chi connectivity index (χ2v) is 8.38. The highest BCUT2D eigenvalue weighted by Crippen LogP contribution is 2.36. The first-order valence-electron chi connectivity index (χ1n) is 9.93. The van der Waals surface area contributed by atoms with E-state index in [2.05, 4.69) is 10.3 Å². The number of aromatic amines is 1. The normalized spacial score (nSPS) is 14.9. The van der Waals surface area contributed by atoms with Gasteiger partial charge in [-0.1, -0.05) is 29.3 Å². The van der Waals surface area contributed by atoms with E-state index in [9.17, 15) is 14.4 Å². The molecule has 11 heteroatoms. The van der Waals surface area contributed by atoms with Gasteiger partial charge < -0.3 is 19.9 Å². The first-order valence-corrected chi connectivity index (χ1v) is 10.7. The van der Waals surface area contributed by atoms with E-state index in [1.165, 1.54) is 11.7 Å². The minimum absolute atomic E-state index is 0.336. The van der Waals surface area contributed by atoms with Gasteiger partial charge in [0.2, 0.25) is 0 Å². The van der Waals surface area contributed by atoms with Gasteiger partial charge in [-0.3, -0.25) is 14.3 Å². The van der Waals surface area contributed by atoms with Crippen LogP contribution in [0.5, 0.6) is 0 Å². The number of aromatic nitrogens is 2. The Bertz CT molecular complexity index is 1340. The van der Waals surface area contributed by atoms with Gasteiger partial charge in [-0.25, -0.2) is 9.59 Å². The molecule has 1 aliphatic heterocycles. The highest BCUT2D eigenvalue weighted by molar-refractivity contribution is 6.42. The van der Waals surface area contributed by atoms with Crippen molar-refractivity contribution in [1.82, 2.24) is 9.55 Å². The molecule has 0 spiro atoms. The number of esters is 1. The van der Waals surface area contributed by atoms with Gasteiger partial charge >= 0.3 is 11.7 Å². The molecule has 1 unspecified atom stereocenters. The van der Waals surface area contributed by atoms with Gasteiger partial charge in [0.25, 0.3) is 5.56 Å². The largest absolute Gasteiger partial charge is 0.465 e. The Morgan fingerprint density at radius 2 is 1.79 bits per heavy atom. The van der Waals surface area contributed by atoms with Crippen molar-refractivity contribution < 1.29 is 9.53 Å². The molecular formula is C22H21Cl2N5O4. The number of hydrogen-bond acceptors (Lipinski definition) is 7. The SMILES string of the molecule is COC(=O)c1ccc(NC2N(C)c3c(n(C)c(=O)[nH]c3=O)N2Cc2ccc(Cl)c(Cl)c2)cc1. The summed E-state index contributed by atoms with van der Waals surface area (Å²) in [5.74, 6) is 0.0238. The van der Waals surface area contributed by atoms with Crippen molar-refractivity contribution in [1.29, 1.82) is 0 Å². The molecule has 0 fully saturated rings. The quantitative estimate of drug-likeness (QED) is 0.531. The molecular weight excluding hydrogens is 469 g/mol. The number of carbonyl (C=O) groups is 1. The number of nitrogens with zero attached hydrogens (tertiary/aromatic N) is 3. The molecule has 2 N–H and O–H groups in total. The molecule has 1 aliphatic rings. The minimum Gasteiger partial charge on any atom is -0.465 e. The Kier molecular flexibility index (Phi) is 6.09. The average Bonchev–Trinajstić information content (AvgIpc) is 3.06. The van der Waals surface area contributed by atoms with Crippen LogP contribution in [0.15, 0.2) is 52.1 Å². The molecule has 3 aromatic rings. The van der Waals surface area contributed by atoms with Gasteiger partial charge in [0.05, 0.1) is 22.7 Å². The monoisotopic (exact) mass is 489 g/mol. The van der Waals surface area contributed by atoms with Gasteiger partial charge in [0.15, 0.2) is 6.29 Å². The second-order valence-electron chi connectivity index (χ2n) is 7.56. The Hall–Kier alpha value is -3.43. The van der Waals surface area contributed by atoms with Crippen molar-refractivity contribution in [2.24, 2.45) is 7.05 Å². The smallest absolute Gasteiger partial charge is 0.337 e. The molecule has 33 heavy (non-hydrogen) atoms. The van der Waals surface area contributed by atoms with Crippen LogP contribution < -0.4 is 26.4 Å². The molecule has 1 aromatic heterocycles. The topological polar surface area (TPSA) is 99.7 Å². The van der Waals surface area contributed by atoms with Crippen LogP contribution in [0.4, 0.5) is 17.2 Å². The fourth-order valence-electron chi connectivity index (χ4n) is 3.83. The van der Waals surface area contributed by atoms with Gasteiger partial charge in [0.1, 0.15) is 11.5 Å². The van der Waals surface area contributed by atoms with Crippen molar-refractivity contribution in [3.63, 3.8) is 0 Å². The summed E-state index contributed by atoms with van der Waals surface area (Å²) in [4.78, 5) is 42.8. The van der Waals surface area contributed by atoms with E-state index >= 15 is 0 Å². The van der Waals surface area contributed by atoms with Crippen LogP contribution in [0.2, 0.25) is 10.0 Å². The fourth-order valence-corrected chi connectivity index (χ4v) is 4.15. The number of rotatable bonds is 5. The number of carbonyl (C=O) groups excluding carboxylic acids is 1. The van der Waals surface area contributed by atoms with E-state index in [-0.39, 0.29) is 0 Å². The lowest BCUT2D eigenvalue weighted by molar-refractivity contribution is 0.0601. The Morgan fingerprint density at radius 3 is 2.42 bits per heavy atom. The van der Waals surface area contributed by atoms with Crippen LogP contribution >= 0.6 is 23.2 Å². The fraction of sp³-hybridized carbons (Fsp3) is 0.227. The first-order chi connectivity index (χ1) is 15.7. The van der Waals surface area contributed by atoms with Gasteiger partial charge in [-0.2, -0.15) is 0 Å². The lowest BCUT2D eigenvalue weighted by Gasteiger charge is -2.32. The standard InChI is InChI=1S/C22H21Cl2N5O4/c1-27-17-18(30)26-22(32)28(2)19(17)29(11-12-4-9-15(23)16(24)10-12)21(27)25-14-7-5-13(6-8-14)20(31)33-3/h4-10,21,25H,11H2,1-3H3,(H,26,30,32). The van der Waals surface area contributed by atoms with Crippen LogP contribution in [0.1, 0.15) is 15.9 Å². The van der Waals surface area contributed by atoms with Crippen molar-refractivity contribution in [2.75, 3.05) is 29.3 Å². The predicted octanol–water partition coefficient (Wildman–Crippen LogP) is 3.02. The molecule has 0 bridgehead atoms. The molecule has 4 rings (SSSR count). The van der Waals surface area contributed by atoms with Crippen LogP contribution in [0, 0.1) is 0 Å². The number of H-pyrrole nitrogens is 1. The number of ether oxygens (including phenoxy) is 1. The lowest BCUT2D eigenvalue weighted by atomic mass is 10.2. The molecule has 0 aliphatic carbocycles. The summed E-state index contributed by atoms with van der Waals surface area (Å²) < 4.78 is 6.14. The number of methoxy groups -OCH3 is 1. The number of nitrogens with one attached hydrogen (secondary N) is 2. The van der Waals surface area contributed by atoms with E-state index in [4.69, 9.17) is 27.9 Å². The molecule has 2 aromatic carbocycles. The summed E-state index contributed by atoms with van der Waals surface area (Å²) in [5.41, 5.74) is 1.30. The zero-order valence-electron chi connectivity index (χ0n) is 18.1.